The lowest BCUT2D eigenvalue weighted by molar-refractivity contribution is -0.384. The molecule has 0 saturated carbocycles. The van der Waals surface area contributed by atoms with Gasteiger partial charge in [-0.25, -0.2) is 0 Å². The molecule has 3 rings (SSSR count). The summed E-state index contributed by atoms with van der Waals surface area (Å²) in [6.45, 7) is 1.31. The number of carbonyl (C=O) groups is 2. The highest BCUT2D eigenvalue weighted by atomic mass is 35.5. The van der Waals surface area contributed by atoms with Crippen LogP contribution < -0.4 is 0 Å². The number of carbonyl (C=O) groups excluding carboxylic acids is 2. The number of halogens is 1. The average molecular weight is 364 g/mol. The van der Waals surface area contributed by atoms with Crippen LogP contribution in [0.4, 0.5) is 5.69 Å². The van der Waals surface area contributed by atoms with Crippen LogP contribution in [0.1, 0.15) is 20.9 Å². The zero-order chi connectivity index (χ0) is 18.0. The number of nitro benzene ring substituents is 1. The van der Waals surface area contributed by atoms with Gasteiger partial charge in [-0.15, -0.1) is 0 Å². The first-order valence-corrected chi connectivity index (χ1v) is 7.91. The Kier molecular flexibility index (Phi) is 4.71. The van der Waals surface area contributed by atoms with Gasteiger partial charge in [0.25, 0.3) is 17.5 Å². The Morgan fingerprint density at radius 2 is 1.72 bits per heavy atom. The fourth-order valence-corrected chi connectivity index (χ4v) is 2.83. The zero-order valence-electron chi connectivity index (χ0n) is 13.1. The summed E-state index contributed by atoms with van der Waals surface area (Å²) in [5.74, 6) is -0.370. The summed E-state index contributed by atoms with van der Waals surface area (Å²) in [5.41, 5.74) is -0.110. The van der Waals surface area contributed by atoms with Gasteiger partial charge in [-0.2, -0.15) is 0 Å². The number of nitrogens with zero attached hydrogens (tertiary/aromatic N) is 3. The molecule has 0 N–H and O–H groups in total. The minimum absolute atomic E-state index is 0.0849. The van der Waals surface area contributed by atoms with Crippen molar-refractivity contribution in [3.05, 3.63) is 63.1 Å². The smallest absolute Gasteiger partial charge is 0.289 e. The normalized spacial score (nSPS) is 14.4. The second-order valence-electron chi connectivity index (χ2n) is 5.48. The molecule has 1 fully saturated rings. The van der Waals surface area contributed by atoms with Crippen LogP contribution >= 0.6 is 11.6 Å². The summed E-state index contributed by atoms with van der Waals surface area (Å²) in [7, 11) is 0. The molecule has 0 radical (unpaired) electrons. The average Bonchev–Trinajstić information content (AvgIpc) is 3.15. The van der Waals surface area contributed by atoms with Gasteiger partial charge in [-0.05, 0) is 18.2 Å². The van der Waals surface area contributed by atoms with Crippen molar-refractivity contribution in [2.75, 3.05) is 26.2 Å². The maximum atomic E-state index is 12.6. The van der Waals surface area contributed by atoms with E-state index in [1.807, 2.05) is 0 Å². The highest BCUT2D eigenvalue weighted by Gasteiger charge is 2.28. The van der Waals surface area contributed by atoms with E-state index in [2.05, 4.69) is 0 Å². The summed E-state index contributed by atoms with van der Waals surface area (Å²) >= 11 is 6.01. The zero-order valence-corrected chi connectivity index (χ0v) is 13.8. The van der Waals surface area contributed by atoms with Crippen molar-refractivity contribution in [1.82, 2.24) is 9.80 Å². The van der Waals surface area contributed by atoms with Crippen LogP contribution in [0.5, 0.6) is 0 Å². The number of hydrogen-bond acceptors (Lipinski definition) is 5. The topological polar surface area (TPSA) is 96.9 Å². The van der Waals surface area contributed by atoms with Crippen LogP contribution in [0.15, 0.2) is 41.0 Å². The van der Waals surface area contributed by atoms with E-state index in [1.165, 1.54) is 29.4 Å². The molecule has 9 heteroatoms. The maximum absolute atomic E-state index is 12.6. The Labute approximate surface area is 147 Å². The van der Waals surface area contributed by atoms with Crippen LogP contribution in [0.3, 0.4) is 0 Å². The molecule has 130 valence electrons. The Morgan fingerprint density at radius 1 is 1.08 bits per heavy atom. The highest BCUT2D eigenvalue weighted by Crippen LogP contribution is 2.24. The lowest BCUT2D eigenvalue weighted by Crippen LogP contribution is -2.50. The van der Waals surface area contributed by atoms with Crippen molar-refractivity contribution in [2.24, 2.45) is 0 Å². The van der Waals surface area contributed by atoms with E-state index in [-0.39, 0.29) is 27.9 Å². The summed E-state index contributed by atoms with van der Waals surface area (Å²) < 4.78 is 5.09. The number of piperazine rings is 1. The van der Waals surface area contributed by atoms with Gasteiger partial charge in [0.15, 0.2) is 5.76 Å². The summed E-state index contributed by atoms with van der Waals surface area (Å²) in [6.07, 6.45) is 1.43. The second-order valence-corrected chi connectivity index (χ2v) is 5.89. The van der Waals surface area contributed by atoms with Crippen LogP contribution in [-0.2, 0) is 0 Å². The van der Waals surface area contributed by atoms with E-state index in [4.69, 9.17) is 16.0 Å². The minimum atomic E-state index is -0.576. The molecule has 1 aliphatic heterocycles. The maximum Gasteiger partial charge on any atom is 0.289 e. The third-order valence-electron chi connectivity index (χ3n) is 3.98. The fourth-order valence-electron chi connectivity index (χ4n) is 2.63. The Hall–Kier alpha value is -2.87. The van der Waals surface area contributed by atoms with Crippen LogP contribution in [0, 0.1) is 10.1 Å². The molecule has 2 heterocycles. The molecule has 0 aliphatic carbocycles. The van der Waals surface area contributed by atoms with E-state index in [9.17, 15) is 19.7 Å². The lowest BCUT2D eigenvalue weighted by Gasteiger charge is -2.34. The molecule has 2 amide bonds. The molecule has 8 nitrogen and oxygen atoms in total. The third-order valence-corrected chi connectivity index (χ3v) is 4.31. The van der Waals surface area contributed by atoms with Gasteiger partial charge >= 0.3 is 0 Å². The quantitative estimate of drug-likeness (QED) is 0.616. The van der Waals surface area contributed by atoms with Crippen molar-refractivity contribution < 1.29 is 18.9 Å². The van der Waals surface area contributed by atoms with E-state index in [0.29, 0.717) is 26.2 Å². The van der Waals surface area contributed by atoms with Crippen molar-refractivity contribution in [1.29, 1.82) is 0 Å². The van der Waals surface area contributed by atoms with Gasteiger partial charge < -0.3 is 14.2 Å². The van der Waals surface area contributed by atoms with E-state index < -0.39 is 10.8 Å². The Bertz CT molecular complexity index is 813. The van der Waals surface area contributed by atoms with Gasteiger partial charge in [0.2, 0.25) is 0 Å². The first-order chi connectivity index (χ1) is 12.0. The summed E-state index contributed by atoms with van der Waals surface area (Å²) in [5, 5.41) is 11.0. The minimum Gasteiger partial charge on any atom is -0.459 e. The molecule has 0 spiro atoms. The van der Waals surface area contributed by atoms with Crippen molar-refractivity contribution in [3.8, 4) is 0 Å². The number of amides is 2. The lowest BCUT2D eigenvalue weighted by atomic mass is 10.1. The number of furan rings is 1. The van der Waals surface area contributed by atoms with Crippen molar-refractivity contribution in [2.45, 2.75) is 0 Å². The molecule has 25 heavy (non-hydrogen) atoms. The molecule has 2 aromatic rings. The summed E-state index contributed by atoms with van der Waals surface area (Å²) in [6, 6.07) is 6.98. The van der Waals surface area contributed by atoms with Crippen molar-refractivity contribution in [3.63, 3.8) is 0 Å². The fraction of sp³-hybridized carbons (Fsp3) is 0.250. The van der Waals surface area contributed by atoms with Crippen LogP contribution in [0.25, 0.3) is 0 Å². The standard InChI is InChI=1S/C16H14ClN3O5/c17-13-4-3-11(20(23)24)10-12(13)15(21)18-5-7-19(8-6-18)16(22)14-2-1-9-25-14/h1-4,9-10H,5-8H2. The van der Waals surface area contributed by atoms with Crippen LogP contribution in [0.2, 0.25) is 5.02 Å². The van der Waals surface area contributed by atoms with Gasteiger partial charge in [-0.1, -0.05) is 11.6 Å². The third kappa shape index (κ3) is 3.48. The molecular formula is C16H14ClN3O5. The molecule has 1 aromatic carbocycles. The molecule has 1 saturated heterocycles. The molecule has 0 unspecified atom stereocenters. The predicted molar refractivity (Wildman–Crippen MR) is 88.6 cm³/mol. The van der Waals surface area contributed by atoms with E-state index in [1.54, 1.807) is 17.0 Å². The first kappa shape index (κ1) is 17.0. The van der Waals surface area contributed by atoms with Gasteiger partial charge in [-0.3, -0.25) is 19.7 Å². The van der Waals surface area contributed by atoms with Gasteiger partial charge in [0.1, 0.15) is 0 Å². The summed E-state index contributed by atoms with van der Waals surface area (Å²) in [4.78, 5) is 38.2. The van der Waals surface area contributed by atoms with E-state index >= 15 is 0 Å². The predicted octanol–water partition coefficient (Wildman–Crippen LogP) is 2.44. The molecule has 0 bridgehead atoms. The second kappa shape index (κ2) is 6.94. The van der Waals surface area contributed by atoms with Crippen LogP contribution in [-0.4, -0.2) is 52.7 Å². The Balaban J connectivity index is 1.69. The van der Waals surface area contributed by atoms with Gasteiger partial charge in [0.05, 0.1) is 21.8 Å². The molecular weight excluding hydrogens is 350 g/mol. The number of benzene rings is 1. The molecule has 1 aromatic heterocycles. The Morgan fingerprint density at radius 3 is 2.28 bits per heavy atom. The number of non-ortho nitro benzene ring substituents is 1. The molecule has 0 atom stereocenters. The molecule has 1 aliphatic rings. The van der Waals surface area contributed by atoms with E-state index in [0.717, 1.165) is 0 Å². The number of nitro groups is 1. The van der Waals surface area contributed by atoms with Crippen molar-refractivity contribution >= 4 is 29.1 Å². The number of rotatable bonds is 3. The SMILES string of the molecule is O=C(c1ccco1)N1CCN(C(=O)c2cc([N+](=O)[O-])ccc2Cl)CC1. The first-order valence-electron chi connectivity index (χ1n) is 7.53. The van der Waals surface area contributed by atoms with Gasteiger partial charge in [0, 0.05) is 38.3 Å². The largest absolute Gasteiger partial charge is 0.459 e. The highest BCUT2D eigenvalue weighted by molar-refractivity contribution is 6.33. The monoisotopic (exact) mass is 363 g/mol. The number of hydrogen-bond donors (Lipinski definition) is 0.